The lowest BCUT2D eigenvalue weighted by atomic mass is 9.96. The standard InChI is InChI=1S/C14H30N2/c1-5-7-8-16(13(4)6-2)11-14-10-15-9-12(14)3/h12-15H,5-11H2,1-4H3/t12-,13?,14+/m1/s1. The highest BCUT2D eigenvalue weighted by atomic mass is 15.2. The lowest BCUT2D eigenvalue weighted by Crippen LogP contribution is -2.39. The van der Waals surface area contributed by atoms with Crippen molar-refractivity contribution in [3.05, 3.63) is 0 Å². The first-order chi connectivity index (χ1) is 7.69. The molecule has 0 spiro atoms. The van der Waals surface area contributed by atoms with Gasteiger partial charge in [0.15, 0.2) is 0 Å². The number of hydrogen-bond donors (Lipinski definition) is 1. The minimum Gasteiger partial charge on any atom is -0.316 e. The first-order valence-electron chi connectivity index (χ1n) is 7.13. The van der Waals surface area contributed by atoms with Crippen LogP contribution in [0.4, 0.5) is 0 Å². The van der Waals surface area contributed by atoms with Gasteiger partial charge in [-0.1, -0.05) is 27.2 Å². The molecule has 0 saturated carbocycles. The van der Waals surface area contributed by atoms with Gasteiger partial charge in [-0.05, 0) is 51.2 Å². The zero-order chi connectivity index (χ0) is 12.0. The van der Waals surface area contributed by atoms with Crippen molar-refractivity contribution in [1.82, 2.24) is 10.2 Å². The molecule has 1 aliphatic heterocycles. The fourth-order valence-electron chi connectivity index (χ4n) is 2.52. The first kappa shape index (κ1) is 14.0. The van der Waals surface area contributed by atoms with E-state index in [0.717, 1.165) is 17.9 Å². The van der Waals surface area contributed by atoms with Gasteiger partial charge in [-0.3, -0.25) is 0 Å². The predicted octanol–water partition coefficient (Wildman–Crippen LogP) is 2.74. The Kier molecular flexibility index (Phi) is 6.37. The summed E-state index contributed by atoms with van der Waals surface area (Å²) in [5, 5.41) is 3.51. The van der Waals surface area contributed by atoms with E-state index in [1.807, 2.05) is 0 Å². The quantitative estimate of drug-likeness (QED) is 0.718. The van der Waals surface area contributed by atoms with Gasteiger partial charge < -0.3 is 10.2 Å². The monoisotopic (exact) mass is 226 g/mol. The van der Waals surface area contributed by atoms with Crippen molar-refractivity contribution in [2.24, 2.45) is 11.8 Å². The third kappa shape index (κ3) is 4.06. The zero-order valence-electron chi connectivity index (χ0n) is 11.6. The van der Waals surface area contributed by atoms with E-state index in [2.05, 4.69) is 37.9 Å². The van der Waals surface area contributed by atoms with E-state index >= 15 is 0 Å². The molecule has 1 saturated heterocycles. The topological polar surface area (TPSA) is 15.3 Å². The summed E-state index contributed by atoms with van der Waals surface area (Å²) < 4.78 is 0. The maximum atomic E-state index is 3.51. The van der Waals surface area contributed by atoms with Crippen LogP contribution in [0.5, 0.6) is 0 Å². The second kappa shape index (κ2) is 7.29. The van der Waals surface area contributed by atoms with E-state index in [-0.39, 0.29) is 0 Å². The van der Waals surface area contributed by atoms with Crippen molar-refractivity contribution < 1.29 is 0 Å². The fraction of sp³-hybridized carbons (Fsp3) is 1.00. The molecule has 1 rings (SSSR count). The van der Waals surface area contributed by atoms with Crippen LogP contribution in [0.15, 0.2) is 0 Å². The molecule has 16 heavy (non-hydrogen) atoms. The highest BCUT2D eigenvalue weighted by molar-refractivity contribution is 4.82. The minimum atomic E-state index is 0.749. The average molecular weight is 226 g/mol. The van der Waals surface area contributed by atoms with Crippen LogP contribution in [0.3, 0.4) is 0 Å². The van der Waals surface area contributed by atoms with Crippen LogP contribution in [-0.4, -0.2) is 37.1 Å². The molecule has 0 bridgehead atoms. The Balaban J connectivity index is 2.41. The molecule has 1 heterocycles. The van der Waals surface area contributed by atoms with Gasteiger partial charge in [0.05, 0.1) is 0 Å². The van der Waals surface area contributed by atoms with Crippen molar-refractivity contribution in [3.8, 4) is 0 Å². The summed E-state index contributed by atoms with van der Waals surface area (Å²) in [4.78, 5) is 2.71. The Morgan fingerprint density at radius 3 is 2.56 bits per heavy atom. The number of rotatable bonds is 7. The molecule has 0 aliphatic carbocycles. The lowest BCUT2D eigenvalue weighted by Gasteiger charge is -2.31. The number of unbranched alkanes of at least 4 members (excludes halogenated alkanes) is 1. The average Bonchev–Trinajstić information content (AvgIpc) is 2.69. The van der Waals surface area contributed by atoms with Crippen LogP contribution < -0.4 is 5.32 Å². The fourth-order valence-corrected chi connectivity index (χ4v) is 2.52. The van der Waals surface area contributed by atoms with Gasteiger partial charge in [0.1, 0.15) is 0 Å². The third-order valence-corrected chi connectivity index (χ3v) is 4.16. The lowest BCUT2D eigenvalue weighted by molar-refractivity contribution is 0.162. The number of hydrogen-bond acceptors (Lipinski definition) is 2. The Morgan fingerprint density at radius 2 is 2.06 bits per heavy atom. The molecule has 1 unspecified atom stereocenters. The van der Waals surface area contributed by atoms with Gasteiger partial charge >= 0.3 is 0 Å². The Morgan fingerprint density at radius 1 is 1.31 bits per heavy atom. The van der Waals surface area contributed by atoms with E-state index < -0.39 is 0 Å². The Labute approximate surface area is 102 Å². The molecule has 1 N–H and O–H groups in total. The summed E-state index contributed by atoms with van der Waals surface area (Å²) in [6.07, 6.45) is 3.93. The van der Waals surface area contributed by atoms with Gasteiger partial charge in [-0.25, -0.2) is 0 Å². The van der Waals surface area contributed by atoms with Crippen LogP contribution in [-0.2, 0) is 0 Å². The van der Waals surface area contributed by atoms with Gasteiger partial charge in [0.25, 0.3) is 0 Å². The predicted molar refractivity (Wildman–Crippen MR) is 71.8 cm³/mol. The van der Waals surface area contributed by atoms with Crippen molar-refractivity contribution in [2.75, 3.05) is 26.2 Å². The van der Waals surface area contributed by atoms with E-state index in [1.165, 1.54) is 45.4 Å². The molecular weight excluding hydrogens is 196 g/mol. The molecule has 3 atom stereocenters. The summed E-state index contributed by atoms with van der Waals surface area (Å²) >= 11 is 0. The third-order valence-electron chi connectivity index (χ3n) is 4.16. The first-order valence-corrected chi connectivity index (χ1v) is 7.13. The van der Waals surface area contributed by atoms with Crippen LogP contribution in [0.25, 0.3) is 0 Å². The van der Waals surface area contributed by atoms with Gasteiger partial charge in [-0.15, -0.1) is 0 Å². The van der Waals surface area contributed by atoms with E-state index in [4.69, 9.17) is 0 Å². The molecule has 96 valence electrons. The minimum absolute atomic E-state index is 0.749. The Bertz CT molecular complexity index is 182. The summed E-state index contributed by atoms with van der Waals surface area (Å²) in [5.41, 5.74) is 0. The van der Waals surface area contributed by atoms with Crippen molar-refractivity contribution in [3.63, 3.8) is 0 Å². The van der Waals surface area contributed by atoms with Gasteiger partial charge in [0, 0.05) is 12.6 Å². The molecule has 1 aliphatic rings. The van der Waals surface area contributed by atoms with Crippen molar-refractivity contribution >= 4 is 0 Å². The maximum absolute atomic E-state index is 3.51. The van der Waals surface area contributed by atoms with Gasteiger partial charge in [-0.2, -0.15) is 0 Å². The maximum Gasteiger partial charge on any atom is 0.00644 e. The highest BCUT2D eigenvalue weighted by Crippen LogP contribution is 2.19. The van der Waals surface area contributed by atoms with Crippen LogP contribution >= 0.6 is 0 Å². The molecule has 2 nitrogen and oxygen atoms in total. The largest absolute Gasteiger partial charge is 0.316 e. The molecule has 2 heteroatoms. The summed E-state index contributed by atoms with van der Waals surface area (Å²) in [6.45, 7) is 14.4. The highest BCUT2D eigenvalue weighted by Gasteiger charge is 2.26. The molecule has 0 amide bonds. The number of nitrogens with one attached hydrogen (secondary N) is 1. The van der Waals surface area contributed by atoms with Crippen molar-refractivity contribution in [1.29, 1.82) is 0 Å². The Hall–Kier alpha value is -0.0800. The summed E-state index contributed by atoms with van der Waals surface area (Å²) in [5.74, 6) is 1.72. The molecule has 0 aromatic carbocycles. The van der Waals surface area contributed by atoms with Gasteiger partial charge in [0.2, 0.25) is 0 Å². The summed E-state index contributed by atoms with van der Waals surface area (Å²) in [6, 6.07) is 0.749. The molecule has 1 fully saturated rings. The smallest absolute Gasteiger partial charge is 0.00644 e. The van der Waals surface area contributed by atoms with Crippen LogP contribution in [0.2, 0.25) is 0 Å². The van der Waals surface area contributed by atoms with Crippen LogP contribution in [0, 0.1) is 11.8 Å². The second-order valence-electron chi connectivity index (χ2n) is 5.50. The molecule has 0 aromatic rings. The summed E-state index contributed by atoms with van der Waals surface area (Å²) in [7, 11) is 0. The SMILES string of the molecule is CCCCN(C[C@@H]1CNC[C@H]1C)C(C)CC. The van der Waals surface area contributed by atoms with E-state index in [1.54, 1.807) is 0 Å². The molecular formula is C14H30N2. The second-order valence-corrected chi connectivity index (χ2v) is 5.50. The molecule has 0 radical (unpaired) electrons. The van der Waals surface area contributed by atoms with E-state index in [9.17, 15) is 0 Å². The normalized spacial score (nSPS) is 27.6. The molecule has 0 aromatic heterocycles. The van der Waals surface area contributed by atoms with E-state index in [0.29, 0.717) is 0 Å². The number of nitrogens with zero attached hydrogens (tertiary/aromatic N) is 1. The van der Waals surface area contributed by atoms with Crippen LogP contribution in [0.1, 0.15) is 47.0 Å². The van der Waals surface area contributed by atoms with Crippen molar-refractivity contribution in [2.45, 2.75) is 53.0 Å². The zero-order valence-corrected chi connectivity index (χ0v) is 11.6.